The molecule has 8 heteroatoms. The number of fused-ring (bicyclic) bond motifs is 1. The van der Waals surface area contributed by atoms with Gasteiger partial charge in [0.1, 0.15) is 11.8 Å². The molecular weight excluding hydrogens is 277 g/mol. The van der Waals surface area contributed by atoms with Gasteiger partial charge in [-0.1, -0.05) is 0 Å². The lowest BCUT2D eigenvalue weighted by Crippen LogP contribution is -2.43. The summed E-state index contributed by atoms with van der Waals surface area (Å²) in [7, 11) is 0. The molecule has 0 spiro atoms. The third kappa shape index (κ3) is 1.98. The maximum atomic E-state index is 13.2. The maximum Gasteiger partial charge on any atom is 0.165 e. The Balaban J connectivity index is 2.06. The first-order valence-corrected chi connectivity index (χ1v) is 6.67. The highest BCUT2D eigenvalue weighted by atomic mass is 19.1. The van der Waals surface area contributed by atoms with Gasteiger partial charge in [0, 0.05) is 12.5 Å². The highest BCUT2D eigenvalue weighted by molar-refractivity contribution is 5.81. The number of nitrogens with two attached hydrogens (primary N) is 1. The first kappa shape index (κ1) is 13.9. The van der Waals surface area contributed by atoms with Crippen molar-refractivity contribution in [2.24, 2.45) is 11.8 Å². The molecule has 1 aliphatic rings. The van der Waals surface area contributed by atoms with E-state index in [9.17, 15) is 14.6 Å². The van der Waals surface area contributed by atoms with E-state index in [0.717, 1.165) is 0 Å². The number of aliphatic hydroxyl groups excluding tert-OH is 2. The summed E-state index contributed by atoms with van der Waals surface area (Å²) in [4.78, 5) is 12.2. The van der Waals surface area contributed by atoms with Gasteiger partial charge in [-0.15, -0.1) is 0 Å². The minimum atomic E-state index is -0.321. The smallest absolute Gasteiger partial charge is 0.165 e. The summed E-state index contributed by atoms with van der Waals surface area (Å²) in [6.45, 7) is -0.179. The zero-order valence-corrected chi connectivity index (χ0v) is 11.2. The third-order valence-electron chi connectivity index (χ3n) is 4.16. The number of aromatic nitrogens is 4. The molecule has 0 aromatic carbocycles. The monoisotopic (exact) mass is 293 g/mol. The lowest BCUT2D eigenvalue weighted by molar-refractivity contribution is 0.0777. The van der Waals surface area contributed by atoms with Crippen molar-refractivity contribution in [2.75, 3.05) is 18.9 Å². The van der Waals surface area contributed by atoms with Gasteiger partial charge in [-0.05, 0) is 17.9 Å². The second kappa shape index (κ2) is 5.38. The number of anilines is 1. The van der Waals surface area contributed by atoms with Gasteiger partial charge in [0.15, 0.2) is 11.5 Å². The van der Waals surface area contributed by atoms with Gasteiger partial charge < -0.3 is 20.5 Å². The lowest BCUT2D eigenvalue weighted by atomic mass is 9.64. The molecule has 3 rings (SSSR count). The number of nitrogens with zero attached hydrogens (tertiary/aromatic N) is 4. The summed E-state index contributed by atoms with van der Waals surface area (Å²) < 4.78 is 14.9. The number of hydrogen-bond acceptors (Lipinski definition) is 6. The maximum absolute atomic E-state index is 13.2. The largest absolute Gasteiger partial charge is 0.396 e. The first-order chi connectivity index (χ1) is 10.2. The Morgan fingerprint density at radius 1 is 1.33 bits per heavy atom. The normalized spacial score (nSPS) is 27.2. The van der Waals surface area contributed by atoms with Crippen molar-refractivity contribution in [3.05, 3.63) is 24.6 Å². The molecule has 0 unspecified atom stereocenters. The molecule has 1 aliphatic carbocycles. The van der Waals surface area contributed by atoms with Gasteiger partial charge in [0.2, 0.25) is 0 Å². The predicted molar refractivity (Wildman–Crippen MR) is 73.7 cm³/mol. The third-order valence-corrected chi connectivity index (χ3v) is 4.16. The molecule has 2 aromatic heterocycles. The average Bonchev–Trinajstić information content (AvgIpc) is 2.89. The van der Waals surface area contributed by atoms with Crippen LogP contribution >= 0.6 is 0 Å². The van der Waals surface area contributed by atoms with E-state index in [1.807, 2.05) is 0 Å². The van der Waals surface area contributed by atoms with Gasteiger partial charge in [-0.2, -0.15) is 0 Å². The highest BCUT2D eigenvalue weighted by Gasteiger charge is 2.46. The summed E-state index contributed by atoms with van der Waals surface area (Å²) >= 11 is 0. The van der Waals surface area contributed by atoms with E-state index < -0.39 is 0 Å². The van der Waals surface area contributed by atoms with Crippen LogP contribution in [0.5, 0.6) is 0 Å². The van der Waals surface area contributed by atoms with Crippen LogP contribution in [0.2, 0.25) is 0 Å². The Bertz CT molecular complexity index is 686. The molecule has 0 bridgehead atoms. The lowest BCUT2D eigenvalue weighted by Gasteiger charge is -2.46. The number of hydrogen-bond donors (Lipinski definition) is 3. The van der Waals surface area contributed by atoms with Crippen molar-refractivity contribution in [1.82, 2.24) is 19.5 Å². The minimum Gasteiger partial charge on any atom is -0.396 e. The number of imidazole rings is 1. The van der Waals surface area contributed by atoms with E-state index in [2.05, 4.69) is 15.0 Å². The fourth-order valence-corrected chi connectivity index (χ4v) is 3.15. The average molecular weight is 293 g/mol. The Kier molecular flexibility index (Phi) is 3.56. The Morgan fingerprint density at radius 3 is 2.81 bits per heavy atom. The summed E-state index contributed by atoms with van der Waals surface area (Å²) in [5, 5.41) is 18.6. The van der Waals surface area contributed by atoms with Crippen LogP contribution in [0.25, 0.3) is 11.2 Å². The van der Waals surface area contributed by atoms with Crippen molar-refractivity contribution in [1.29, 1.82) is 0 Å². The van der Waals surface area contributed by atoms with Crippen molar-refractivity contribution in [2.45, 2.75) is 12.5 Å². The predicted octanol–water partition coefficient (Wildman–Crippen LogP) is 0.424. The van der Waals surface area contributed by atoms with Crippen LogP contribution in [0, 0.1) is 11.8 Å². The molecule has 4 N–H and O–H groups in total. The molecule has 21 heavy (non-hydrogen) atoms. The van der Waals surface area contributed by atoms with Crippen LogP contribution in [-0.4, -0.2) is 42.9 Å². The van der Waals surface area contributed by atoms with Crippen LogP contribution in [0.1, 0.15) is 12.5 Å². The van der Waals surface area contributed by atoms with Gasteiger partial charge in [0.25, 0.3) is 0 Å². The zero-order chi connectivity index (χ0) is 15.0. The minimum absolute atomic E-state index is 0.0268. The number of rotatable bonds is 4. The summed E-state index contributed by atoms with van der Waals surface area (Å²) in [5.74, 6) is -0.0966. The topological polar surface area (TPSA) is 110 Å². The van der Waals surface area contributed by atoms with Crippen LogP contribution < -0.4 is 5.73 Å². The Morgan fingerprint density at radius 2 is 2.14 bits per heavy atom. The SMILES string of the molecule is Nc1ncnc2c1ncn2[C@H]1/C(=C/F)[C@@H](CO)[C@@H]1CCO. The Labute approximate surface area is 120 Å². The fourth-order valence-electron chi connectivity index (χ4n) is 3.15. The van der Waals surface area contributed by atoms with Gasteiger partial charge in [-0.25, -0.2) is 19.3 Å². The molecule has 2 heterocycles. The summed E-state index contributed by atoms with van der Waals surface area (Å²) in [5.41, 5.74) is 7.21. The van der Waals surface area contributed by atoms with Crippen LogP contribution in [0.3, 0.4) is 0 Å². The van der Waals surface area contributed by atoms with E-state index in [1.165, 1.54) is 6.33 Å². The molecule has 0 radical (unpaired) electrons. The van der Waals surface area contributed by atoms with Gasteiger partial charge in [-0.3, -0.25) is 0 Å². The number of nitrogen functional groups attached to an aromatic ring is 1. The summed E-state index contributed by atoms with van der Waals surface area (Å²) in [6, 6.07) is -0.321. The standard InChI is InChI=1S/C13H16FN5O2/c14-3-8-9(4-21)7(1-2-20)11(8)19-6-18-10-12(15)16-5-17-13(10)19/h3,5-7,9,11,20-21H,1-2,4H2,(H2,15,16,17)/b8-3+/t7-,9-,11+/m0/s1. The van der Waals surface area contributed by atoms with E-state index in [4.69, 9.17) is 5.73 Å². The van der Waals surface area contributed by atoms with E-state index in [0.29, 0.717) is 29.5 Å². The zero-order valence-electron chi connectivity index (χ0n) is 11.2. The van der Waals surface area contributed by atoms with Gasteiger partial charge >= 0.3 is 0 Å². The van der Waals surface area contributed by atoms with E-state index in [-0.39, 0.29) is 36.9 Å². The van der Waals surface area contributed by atoms with Crippen molar-refractivity contribution in [3.63, 3.8) is 0 Å². The molecular formula is C13H16FN5O2. The van der Waals surface area contributed by atoms with Gasteiger partial charge in [0.05, 0.1) is 25.3 Å². The Hall–Kier alpha value is -2.06. The number of halogens is 1. The number of aliphatic hydroxyl groups is 2. The quantitative estimate of drug-likeness (QED) is 0.753. The molecule has 0 amide bonds. The second-order valence-corrected chi connectivity index (χ2v) is 5.10. The molecule has 0 saturated heterocycles. The fraction of sp³-hybridized carbons (Fsp3) is 0.462. The van der Waals surface area contributed by atoms with Crippen LogP contribution in [-0.2, 0) is 0 Å². The van der Waals surface area contributed by atoms with E-state index >= 15 is 0 Å². The highest BCUT2D eigenvalue weighted by Crippen LogP contribution is 2.51. The van der Waals surface area contributed by atoms with Crippen LogP contribution in [0.4, 0.5) is 10.2 Å². The molecule has 0 aliphatic heterocycles. The first-order valence-electron chi connectivity index (χ1n) is 6.67. The molecule has 7 nitrogen and oxygen atoms in total. The molecule has 3 atom stereocenters. The van der Waals surface area contributed by atoms with E-state index in [1.54, 1.807) is 10.9 Å². The van der Waals surface area contributed by atoms with Crippen molar-refractivity contribution >= 4 is 17.0 Å². The molecule has 112 valence electrons. The molecule has 2 aromatic rings. The molecule has 1 fully saturated rings. The van der Waals surface area contributed by atoms with Crippen LogP contribution in [0.15, 0.2) is 24.6 Å². The van der Waals surface area contributed by atoms with Crippen molar-refractivity contribution in [3.8, 4) is 0 Å². The summed E-state index contributed by atoms with van der Waals surface area (Å²) in [6.07, 6.45) is 3.86. The second-order valence-electron chi connectivity index (χ2n) is 5.10. The molecule has 1 saturated carbocycles. The van der Waals surface area contributed by atoms with Crippen molar-refractivity contribution < 1.29 is 14.6 Å².